The Morgan fingerprint density at radius 1 is 1.15 bits per heavy atom. The molecule has 144 valence electrons. The van der Waals surface area contributed by atoms with Gasteiger partial charge in [0.25, 0.3) is 11.5 Å². The highest BCUT2D eigenvalue weighted by atomic mass is 32.2. The monoisotopic (exact) mass is 392 g/mol. The van der Waals surface area contributed by atoms with Gasteiger partial charge in [0.15, 0.2) is 0 Å². The number of hydrogen-bond acceptors (Lipinski definition) is 5. The third-order valence-corrected chi connectivity index (χ3v) is 5.97. The lowest BCUT2D eigenvalue weighted by Crippen LogP contribution is -2.32. The lowest BCUT2D eigenvalue weighted by atomic mass is 10.2. The topological polar surface area (TPSA) is 141 Å². The van der Waals surface area contributed by atoms with Gasteiger partial charge in [-0.15, -0.1) is 0 Å². The number of carbonyl (C=O) groups is 1. The average molecular weight is 392 g/mol. The molecule has 0 aliphatic heterocycles. The van der Waals surface area contributed by atoms with Crippen molar-refractivity contribution in [1.82, 2.24) is 14.7 Å². The molecule has 1 amide bonds. The van der Waals surface area contributed by atoms with Gasteiger partial charge in [0, 0.05) is 17.3 Å². The number of nitrogens with one attached hydrogen (secondary N) is 4. The third kappa shape index (κ3) is 4.34. The highest BCUT2D eigenvalue weighted by molar-refractivity contribution is 7.89. The summed E-state index contributed by atoms with van der Waals surface area (Å²) in [7, 11) is -3.74. The maximum absolute atomic E-state index is 12.5. The SMILES string of the molecule is Cc1[nH]c(=O)[nH]c(=O)c1NC(=O)c1cccc(S(=O)(=O)NC2CCCC2)c1. The van der Waals surface area contributed by atoms with Gasteiger partial charge in [0.1, 0.15) is 5.69 Å². The standard InChI is InChI=1S/C17H20N4O5S/c1-10-14(16(23)20-17(24)18-10)19-15(22)11-5-4-8-13(9-11)27(25,26)21-12-6-2-3-7-12/h4-5,8-9,12,21H,2-3,6-7H2,1H3,(H,19,22)(H2,18,20,23,24). The minimum absolute atomic E-state index is 0.0193. The Kier molecular flexibility index (Phi) is 5.29. The van der Waals surface area contributed by atoms with Crippen molar-refractivity contribution < 1.29 is 13.2 Å². The number of hydrogen-bond donors (Lipinski definition) is 4. The number of rotatable bonds is 5. The van der Waals surface area contributed by atoms with Gasteiger partial charge in [-0.3, -0.25) is 14.6 Å². The summed E-state index contributed by atoms with van der Waals surface area (Å²) in [5.41, 5.74) is -1.24. The van der Waals surface area contributed by atoms with Crippen LogP contribution in [0, 0.1) is 6.92 Å². The van der Waals surface area contributed by atoms with E-state index in [1.807, 2.05) is 4.98 Å². The Morgan fingerprint density at radius 2 is 1.85 bits per heavy atom. The Hall–Kier alpha value is -2.72. The van der Waals surface area contributed by atoms with E-state index in [4.69, 9.17) is 0 Å². The Balaban J connectivity index is 1.84. The summed E-state index contributed by atoms with van der Waals surface area (Å²) in [5.74, 6) is -0.659. The number of sulfonamides is 1. The Morgan fingerprint density at radius 3 is 2.52 bits per heavy atom. The molecule has 1 heterocycles. The largest absolute Gasteiger partial charge is 0.326 e. The van der Waals surface area contributed by atoms with Crippen molar-refractivity contribution in [2.24, 2.45) is 0 Å². The van der Waals surface area contributed by atoms with Crippen molar-refractivity contribution in [2.75, 3.05) is 5.32 Å². The smallest absolute Gasteiger partial charge is 0.316 e. The second-order valence-corrected chi connectivity index (χ2v) is 8.21. The summed E-state index contributed by atoms with van der Waals surface area (Å²) in [6.45, 7) is 1.47. The van der Waals surface area contributed by atoms with Crippen LogP contribution in [-0.4, -0.2) is 30.3 Å². The number of carbonyl (C=O) groups excluding carboxylic acids is 1. The van der Waals surface area contributed by atoms with Crippen molar-refractivity contribution in [2.45, 2.75) is 43.5 Å². The van der Waals surface area contributed by atoms with Crippen molar-refractivity contribution in [3.05, 3.63) is 56.4 Å². The van der Waals surface area contributed by atoms with Crippen molar-refractivity contribution in [3.63, 3.8) is 0 Å². The summed E-state index contributed by atoms with van der Waals surface area (Å²) in [4.78, 5) is 39.9. The van der Waals surface area contributed by atoms with Gasteiger partial charge in [-0.2, -0.15) is 0 Å². The predicted octanol–water partition coefficient (Wildman–Crippen LogP) is 0.845. The van der Waals surface area contributed by atoms with Crippen LogP contribution < -0.4 is 21.3 Å². The molecule has 10 heteroatoms. The van der Waals surface area contributed by atoms with Crippen LogP contribution in [0.1, 0.15) is 41.7 Å². The lowest BCUT2D eigenvalue weighted by Gasteiger charge is -2.13. The zero-order valence-electron chi connectivity index (χ0n) is 14.7. The van der Waals surface area contributed by atoms with Crippen molar-refractivity contribution in [3.8, 4) is 0 Å². The molecule has 1 aliphatic rings. The quantitative estimate of drug-likeness (QED) is 0.597. The summed E-state index contributed by atoms with van der Waals surface area (Å²) in [6, 6.07) is 5.48. The first-order valence-corrected chi connectivity index (χ1v) is 10.0. The Bertz CT molecular complexity index is 1080. The van der Waals surface area contributed by atoms with E-state index in [0.717, 1.165) is 25.7 Å². The zero-order valence-corrected chi connectivity index (χ0v) is 15.5. The zero-order chi connectivity index (χ0) is 19.6. The van der Waals surface area contributed by atoms with E-state index >= 15 is 0 Å². The molecule has 1 saturated carbocycles. The average Bonchev–Trinajstić information content (AvgIpc) is 3.10. The van der Waals surface area contributed by atoms with Crippen molar-refractivity contribution in [1.29, 1.82) is 0 Å². The minimum Gasteiger partial charge on any atom is -0.316 e. The summed E-state index contributed by atoms with van der Waals surface area (Å²) in [6.07, 6.45) is 3.58. The number of H-pyrrole nitrogens is 2. The van der Waals surface area contributed by atoms with Gasteiger partial charge in [-0.05, 0) is 38.0 Å². The van der Waals surface area contributed by atoms with Gasteiger partial charge < -0.3 is 10.3 Å². The maximum Gasteiger partial charge on any atom is 0.326 e. The molecule has 3 rings (SSSR count). The highest BCUT2D eigenvalue weighted by Gasteiger charge is 2.23. The first-order valence-electron chi connectivity index (χ1n) is 8.53. The first kappa shape index (κ1) is 19.1. The van der Waals surface area contributed by atoms with Crippen LogP contribution in [0.25, 0.3) is 0 Å². The fraction of sp³-hybridized carbons (Fsp3) is 0.353. The molecule has 0 saturated heterocycles. The number of amides is 1. The van der Waals surface area contributed by atoms with E-state index in [2.05, 4.69) is 15.0 Å². The summed E-state index contributed by atoms with van der Waals surface area (Å²) < 4.78 is 27.7. The second kappa shape index (κ2) is 7.49. The van der Waals surface area contributed by atoms with E-state index in [0.29, 0.717) is 0 Å². The van der Waals surface area contributed by atoms with E-state index in [1.54, 1.807) is 0 Å². The molecule has 0 unspecified atom stereocenters. The molecule has 0 atom stereocenters. The van der Waals surface area contributed by atoms with Gasteiger partial charge >= 0.3 is 5.69 Å². The van der Waals surface area contributed by atoms with Crippen LogP contribution in [0.4, 0.5) is 5.69 Å². The second-order valence-electron chi connectivity index (χ2n) is 6.49. The van der Waals surface area contributed by atoms with Crippen LogP contribution in [0.2, 0.25) is 0 Å². The molecule has 0 spiro atoms. The normalized spacial score (nSPS) is 15.0. The molecule has 1 aromatic heterocycles. The first-order chi connectivity index (χ1) is 12.8. The molecule has 27 heavy (non-hydrogen) atoms. The number of aromatic amines is 2. The molecule has 2 aromatic rings. The van der Waals surface area contributed by atoms with Crippen LogP contribution in [-0.2, 0) is 10.0 Å². The fourth-order valence-electron chi connectivity index (χ4n) is 3.07. The molecule has 0 bridgehead atoms. The highest BCUT2D eigenvalue weighted by Crippen LogP contribution is 2.21. The molecular formula is C17H20N4O5S. The molecule has 0 radical (unpaired) electrons. The van der Waals surface area contributed by atoms with E-state index < -0.39 is 27.2 Å². The van der Waals surface area contributed by atoms with Crippen LogP contribution in [0.5, 0.6) is 0 Å². The number of aryl methyl sites for hydroxylation is 1. The number of anilines is 1. The lowest BCUT2D eigenvalue weighted by molar-refractivity contribution is 0.102. The van der Waals surface area contributed by atoms with E-state index in [9.17, 15) is 22.8 Å². The summed E-state index contributed by atoms with van der Waals surface area (Å²) >= 11 is 0. The Labute approximate surface area is 155 Å². The van der Waals surface area contributed by atoms with Gasteiger partial charge in [-0.1, -0.05) is 18.9 Å². The van der Waals surface area contributed by atoms with Crippen LogP contribution in [0.15, 0.2) is 38.8 Å². The molecule has 1 fully saturated rings. The predicted molar refractivity (Wildman–Crippen MR) is 99.4 cm³/mol. The van der Waals surface area contributed by atoms with Crippen LogP contribution in [0.3, 0.4) is 0 Å². The van der Waals surface area contributed by atoms with Crippen LogP contribution >= 0.6 is 0 Å². The molecule has 1 aromatic carbocycles. The van der Waals surface area contributed by atoms with Crippen molar-refractivity contribution >= 4 is 21.6 Å². The summed E-state index contributed by atoms with van der Waals surface area (Å²) in [5, 5.41) is 2.41. The van der Waals surface area contributed by atoms with Gasteiger partial charge in [0.05, 0.1) is 4.90 Å². The molecule has 1 aliphatic carbocycles. The third-order valence-electron chi connectivity index (χ3n) is 4.45. The molecular weight excluding hydrogens is 372 g/mol. The van der Waals surface area contributed by atoms with Gasteiger partial charge in [0.2, 0.25) is 10.0 Å². The van der Waals surface area contributed by atoms with E-state index in [-0.39, 0.29) is 27.9 Å². The number of benzene rings is 1. The number of aromatic nitrogens is 2. The maximum atomic E-state index is 12.5. The molecule has 9 nitrogen and oxygen atoms in total. The van der Waals surface area contributed by atoms with Gasteiger partial charge in [-0.25, -0.2) is 17.9 Å². The minimum atomic E-state index is -3.74. The fourth-order valence-corrected chi connectivity index (χ4v) is 4.42. The molecule has 4 N–H and O–H groups in total. The van der Waals surface area contributed by atoms with E-state index in [1.165, 1.54) is 31.2 Å².